The molecule has 2 aromatic rings. The van der Waals surface area contributed by atoms with E-state index in [9.17, 15) is 9.59 Å². The smallest absolute Gasteiger partial charge is 0.332 e. The molecule has 0 spiro atoms. The van der Waals surface area contributed by atoms with E-state index < -0.39 is 0 Å². The molecule has 2 N–H and O–H groups in total. The number of methoxy groups -OCH3 is 1. The SMILES string of the molecule is CCn1c(=O)n(C)c(=O)c2c1nc(COC)n2CCCCN. The summed E-state index contributed by atoms with van der Waals surface area (Å²) in [6.45, 7) is 3.83. The van der Waals surface area contributed by atoms with Crippen LogP contribution in [0.3, 0.4) is 0 Å². The van der Waals surface area contributed by atoms with Crippen LogP contribution in [0.25, 0.3) is 11.2 Å². The van der Waals surface area contributed by atoms with Gasteiger partial charge in [0.25, 0.3) is 5.56 Å². The number of hydrogen-bond acceptors (Lipinski definition) is 5. The van der Waals surface area contributed by atoms with Crippen molar-refractivity contribution in [3.8, 4) is 0 Å². The Morgan fingerprint density at radius 2 is 1.95 bits per heavy atom. The minimum Gasteiger partial charge on any atom is -0.377 e. The van der Waals surface area contributed by atoms with Gasteiger partial charge in [-0.25, -0.2) is 9.78 Å². The Morgan fingerprint density at radius 1 is 1.23 bits per heavy atom. The number of ether oxygens (including phenoxy) is 1. The summed E-state index contributed by atoms with van der Waals surface area (Å²) in [4.78, 5) is 29.2. The lowest BCUT2D eigenvalue weighted by Gasteiger charge is -2.09. The van der Waals surface area contributed by atoms with Gasteiger partial charge in [0.1, 0.15) is 12.4 Å². The molecule has 0 amide bonds. The lowest BCUT2D eigenvalue weighted by Crippen LogP contribution is -2.38. The molecule has 122 valence electrons. The second-order valence-electron chi connectivity index (χ2n) is 5.17. The highest BCUT2D eigenvalue weighted by Gasteiger charge is 2.19. The molecule has 0 fully saturated rings. The Bertz CT molecular complexity index is 771. The number of nitrogens with zero attached hydrogens (tertiary/aromatic N) is 4. The van der Waals surface area contributed by atoms with E-state index in [-0.39, 0.29) is 11.2 Å². The molecule has 0 aliphatic rings. The maximum Gasteiger partial charge on any atom is 0.332 e. The zero-order chi connectivity index (χ0) is 16.3. The Balaban J connectivity index is 2.74. The molecule has 22 heavy (non-hydrogen) atoms. The van der Waals surface area contributed by atoms with Crippen molar-refractivity contribution in [2.75, 3.05) is 13.7 Å². The van der Waals surface area contributed by atoms with Crippen LogP contribution in [0.5, 0.6) is 0 Å². The molecule has 0 aromatic carbocycles. The van der Waals surface area contributed by atoms with Crippen LogP contribution in [0, 0.1) is 0 Å². The molecule has 0 radical (unpaired) electrons. The molecule has 0 saturated heterocycles. The van der Waals surface area contributed by atoms with Crippen molar-refractivity contribution >= 4 is 11.2 Å². The molecule has 8 heteroatoms. The van der Waals surface area contributed by atoms with Gasteiger partial charge in [-0.1, -0.05) is 0 Å². The Hall–Kier alpha value is -1.93. The van der Waals surface area contributed by atoms with E-state index in [1.807, 2.05) is 11.5 Å². The highest BCUT2D eigenvalue weighted by atomic mass is 16.5. The van der Waals surface area contributed by atoms with Gasteiger partial charge in [-0.3, -0.25) is 13.9 Å². The first kappa shape index (κ1) is 16.4. The average molecular weight is 309 g/mol. The molecule has 0 saturated carbocycles. The van der Waals surface area contributed by atoms with E-state index in [1.54, 1.807) is 7.11 Å². The molecule has 2 aromatic heterocycles. The van der Waals surface area contributed by atoms with Gasteiger partial charge in [0.2, 0.25) is 0 Å². The first-order valence-corrected chi connectivity index (χ1v) is 7.44. The van der Waals surface area contributed by atoms with E-state index in [2.05, 4.69) is 4.98 Å². The van der Waals surface area contributed by atoms with Crippen LogP contribution in [-0.4, -0.2) is 32.3 Å². The molecule has 8 nitrogen and oxygen atoms in total. The fourth-order valence-corrected chi connectivity index (χ4v) is 2.58. The van der Waals surface area contributed by atoms with Crippen molar-refractivity contribution in [3.63, 3.8) is 0 Å². The van der Waals surface area contributed by atoms with Gasteiger partial charge in [0.05, 0.1) is 0 Å². The third kappa shape index (κ3) is 2.71. The second-order valence-corrected chi connectivity index (χ2v) is 5.17. The third-order valence-corrected chi connectivity index (χ3v) is 3.73. The number of nitrogens with two attached hydrogens (primary N) is 1. The summed E-state index contributed by atoms with van der Waals surface area (Å²) < 4.78 is 9.66. The minimum absolute atomic E-state index is 0.290. The lowest BCUT2D eigenvalue weighted by atomic mass is 10.3. The molecular formula is C14H23N5O3. The summed E-state index contributed by atoms with van der Waals surface area (Å²) in [5.74, 6) is 0.652. The van der Waals surface area contributed by atoms with Crippen LogP contribution >= 0.6 is 0 Å². The maximum atomic E-state index is 12.5. The second kappa shape index (κ2) is 6.89. The average Bonchev–Trinajstić information content (AvgIpc) is 2.85. The Morgan fingerprint density at radius 3 is 2.55 bits per heavy atom. The van der Waals surface area contributed by atoms with E-state index >= 15 is 0 Å². The zero-order valence-electron chi connectivity index (χ0n) is 13.3. The van der Waals surface area contributed by atoms with Crippen molar-refractivity contribution in [1.82, 2.24) is 18.7 Å². The van der Waals surface area contributed by atoms with Crippen LogP contribution < -0.4 is 17.0 Å². The van der Waals surface area contributed by atoms with Gasteiger partial charge in [-0.05, 0) is 26.3 Å². The highest BCUT2D eigenvalue weighted by molar-refractivity contribution is 5.71. The molecular weight excluding hydrogens is 286 g/mol. The van der Waals surface area contributed by atoms with Gasteiger partial charge in [-0.15, -0.1) is 0 Å². The van der Waals surface area contributed by atoms with E-state index in [4.69, 9.17) is 10.5 Å². The van der Waals surface area contributed by atoms with Crippen LogP contribution in [0.1, 0.15) is 25.6 Å². The molecule has 0 aliphatic carbocycles. The van der Waals surface area contributed by atoms with Gasteiger partial charge < -0.3 is 15.0 Å². The molecule has 2 rings (SSSR count). The fraction of sp³-hybridized carbons (Fsp3) is 0.643. The van der Waals surface area contributed by atoms with Gasteiger partial charge in [-0.2, -0.15) is 0 Å². The number of hydrogen-bond donors (Lipinski definition) is 1. The van der Waals surface area contributed by atoms with E-state index in [0.29, 0.717) is 43.2 Å². The number of rotatable bonds is 7. The summed E-state index contributed by atoms with van der Waals surface area (Å²) in [5, 5.41) is 0. The van der Waals surface area contributed by atoms with Crippen LogP contribution in [0.2, 0.25) is 0 Å². The topological polar surface area (TPSA) is 97.1 Å². The summed E-state index contributed by atoms with van der Waals surface area (Å²) in [5.41, 5.74) is 5.74. The molecule has 0 atom stereocenters. The summed E-state index contributed by atoms with van der Waals surface area (Å²) in [7, 11) is 3.07. The van der Waals surface area contributed by atoms with Crippen molar-refractivity contribution < 1.29 is 4.74 Å². The van der Waals surface area contributed by atoms with Crippen LogP contribution in [0.4, 0.5) is 0 Å². The summed E-state index contributed by atoms with van der Waals surface area (Å²) >= 11 is 0. The predicted molar refractivity (Wildman–Crippen MR) is 83.9 cm³/mol. The predicted octanol–water partition coefficient (Wildman–Crippen LogP) is -0.198. The maximum absolute atomic E-state index is 12.5. The van der Waals surface area contributed by atoms with Gasteiger partial charge >= 0.3 is 5.69 Å². The quantitative estimate of drug-likeness (QED) is 0.715. The number of aromatic nitrogens is 4. The van der Waals surface area contributed by atoms with Crippen molar-refractivity contribution in [2.24, 2.45) is 12.8 Å². The van der Waals surface area contributed by atoms with E-state index in [1.165, 1.54) is 11.6 Å². The van der Waals surface area contributed by atoms with Crippen molar-refractivity contribution in [1.29, 1.82) is 0 Å². The number of aryl methyl sites for hydroxylation is 2. The highest BCUT2D eigenvalue weighted by Crippen LogP contribution is 2.14. The van der Waals surface area contributed by atoms with Crippen molar-refractivity contribution in [3.05, 3.63) is 26.7 Å². The first-order valence-electron chi connectivity index (χ1n) is 7.44. The number of unbranched alkanes of at least 4 members (excludes halogenated alkanes) is 1. The molecule has 2 heterocycles. The Labute approximate surface area is 128 Å². The third-order valence-electron chi connectivity index (χ3n) is 3.73. The zero-order valence-corrected chi connectivity index (χ0v) is 13.3. The van der Waals surface area contributed by atoms with Crippen LogP contribution in [-0.2, 0) is 31.5 Å². The first-order chi connectivity index (χ1) is 10.6. The van der Waals surface area contributed by atoms with Gasteiger partial charge in [0.15, 0.2) is 11.2 Å². The normalized spacial score (nSPS) is 11.5. The lowest BCUT2D eigenvalue weighted by molar-refractivity contribution is 0.174. The largest absolute Gasteiger partial charge is 0.377 e. The Kier molecular flexibility index (Phi) is 5.15. The summed E-state index contributed by atoms with van der Waals surface area (Å²) in [6.07, 6.45) is 1.70. The molecule has 0 bridgehead atoms. The fourth-order valence-electron chi connectivity index (χ4n) is 2.58. The minimum atomic E-state index is -0.351. The summed E-state index contributed by atoms with van der Waals surface area (Å²) in [6, 6.07) is 0. The number of imidazole rings is 1. The van der Waals surface area contributed by atoms with Crippen molar-refractivity contribution in [2.45, 2.75) is 39.5 Å². The van der Waals surface area contributed by atoms with Crippen LogP contribution in [0.15, 0.2) is 9.59 Å². The molecule has 0 unspecified atom stereocenters. The van der Waals surface area contributed by atoms with Gasteiger partial charge in [0, 0.05) is 27.2 Å². The standard InChI is InChI=1S/C14H23N5O3/c1-4-18-12-11(13(20)17(2)14(18)21)19(8-6-5-7-15)10(16-12)9-22-3/h4-9,15H2,1-3H3. The number of fused-ring (bicyclic) bond motifs is 1. The molecule has 0 aliphatic heterocycles. The van der Waals surface area contributed by atoms with E-state index in [0.717, 1.165) is 17.4 Å². The monoisotopic (exact) mass is 309 g/mol.